The van der Waals surface area contributed by atoms with Crippen LogP contribution in [0.5, 0.6) is 5.75 Å². The molecular formula is C25H31FO4. The second-order valence-electron chi connectivity index (χ2n) is 7.39. The van der Waals surface area contributed by atoms with Crippen molar-refractivity contribution in [3.63, 3.8) is 0 Å². The number of halogens is 1. The maximum absolute atomic E-state index is 13.2. The zero-order chi connectivity index (χ0) is 21.6. The van der Waals surface area contributed by atoms with Gasteiger partial charge in [0.1, 0.15) is 11.6 Å². The standard InChI is InChI=1S/C25H31FO4/c1-2-3-4-5-6-7-8-9-10-17-29-24(27)20-13-11-14-21(18-20)25(28)30-23-16-12-15-22(26)19-23/h11-16,18-19H,2-10,17H2,1H3. The summed E-state index contributed by atoms with van der Waals surface area (Å²) in [6.07, 6.45) is 10.8. The van der Waals surface area contributed by atoms with E-state index in [0.29, 0.717) is 12.2 Å². The molecule has 5 heteroatoms. The van der Waals surface area contributed by atoms with Crippen molar-refractivity contribution in [1.29, 1.82) is 0 Å². The molecule has 2 aromatic carbocycles. The number of benzene rings is 2. The van der Waals surface area contributed by atoms with Crippen LogP contribution in [0, 0.1) is 5.82 Å². The van der Waals surface area contributed by atoms with Gasteiger partial charge in [-0.2, -0.15) is 0 Å². The van der Waals surface area contributed by atoms with E-state index in [1.165, 1.54) is 62.8 Å². The lowest BCUT2D eigenvalue weighted by atomic mass is 10.1. The highest BCUT2D eigenvalue weighted by Crippen LogP contribution is 2.16. The normalized spacial score (nSPS) is 10.6. The smallest absolute Gasteiger partial charge is 0.343 e. The van der Waals surface area contributed by atoms with E-state index in [2.05, 4.69) is 6.92 Å². The molecule has 0 bridgehead atoms. The monoisotopic (exact) mass is 414 g/mol. The topological polar surface area (TPSA) is 52.6 Å². The summed E-state index contributed by atoms with van der Waals surface area (Å²) >= 11 is 0. The van der Waals surface area contributed by atoms with Crippen molar-refractivity contribution in [1.82, 2.24) is 0 Å². The number of carbonyl (C=O) groups is 2. The maximum atomic E-state index is 13.2. The number of rotatable bonds is 13. The van der Waals surface area contributed by atoms with Gasteiger partial charge in [-0.15, -0.1) is 0 Å². The first kappa shape index (κ1) is 23.6. The van der Waals surface area contributed by atoms with Crippen LogP contribution in [0.3, 0.4) is 0 Å². The lowest BCUT2D eigenvalue weighted by Crippen LogP contribution is -2.11. The van der Waals surface area contributed by atoms with E-state index in [-0.39, 0.29) is 11.3 Å². The average Bonchev–Trinajstić information content (AvgIpc) is 2.75. The molecule has 0 aromatic heterocycles. The van der Waals surface area contributed by atoms with Gasteiger partial charge < -0.3 is 9.47 Å². The van der Waals surface area contributed by atoms with Gasteiger partial charge in [-0.05, 0) is 36.8 Å². The summed E-state index contributed by atoms with van der Waals surface area (Å²) in [4.78, 5) is 24.5. The van der Waals surface area contributed by atoms with E-state index in [0.717, 1.165) is 25.3 Å². The van der Waals surface area contributed by atoms with Crippen LogP contribution in [0.4, 0.5) is 4.39 Å². The van der Waals surface area contributed by atoms with E-state index in [4.69, 9.17) is 9.47 Å². The molecule has 0 amide bonds. The Morgan fingerprint density at radius 2 is 1.37 bits per heavy atom. The van der Waals surface area contributed by atoms with Crippen molar-refractivity contribution in [3.8, 4) is 5.75 Å². The summed E-state index contributed by atoms with van der Waals surface area (Å²) in [5.74, 6) is -1.50. The number of carbonyl (C=O) groups excluding carboxylic acids is 2. The molecule has 0 aliphatic rings. The molecule has 0 aliphatic heterocycles. The molecule has 0 unspecified atom stereocenters. The zero-order valence-electron chi connectivity index (χ0n) is 17.7. The van der Waals surface area contributed by atoms with E-state index in [9.17, 15) is 14.0 Å². The molecule has 0 N–H and O–H groups in total. The molecule has 0 heterocycles. The summed E-state index contributed by atoms with van der Waals surface area (Å²) in [6, 6.07) is 11.5. The Kier molecular flexibility index (Phi) is 10.6. The SMILES string of the molecule is CCCCCCCCCCCOC(=O)c1cccc(C(=O)Oc2cccc(F)c2)c1. The third kappa shape index (κ3) is 8.76. The Morgan fingerprint density at radius 1 is 0.767 bits per heavy atom. The fraction of sp³-hybridized carbons (Fsp3) is 0.440. The molecule has 0 spiro atoms. The fourth-order valence-corrected chi connectivity index (χ4v) is 3.13. The molecule has 0 fully saturated rings. The maximum Gasteiger partial charge on any atom is 0.343 e. The van der Waals surface area contributed by atoms with Crippen LogP contribution in [0.25, 0.3) is 0 Å². The third-order valence-corrected chi connectivity index (χ3v) is 4.82. The Hall–Kier alpha value is -2.69. The Bertz CT molecular complexity index is 803. The first-order valence-electron chi connectivity index (χ1n) is 10.8. The third-order valence-electron chi connectivity index (χ3n) is 4.82. The summed E-state index contributed by atoms with van der Waals surface area (Å²) < 4.78 is 23.7. The van der Waals surface area contributed by atoms with E-state index in [1.54, 1.807) is 18.2 Å². The molecule has 162 valence electrons. The quantitative estimate of drug-likeness (QED) is 0.207. The molecule has 0 radical (unpaired) electrons. The molecule has 0 atom stereocenters. The van der Waals surface area contributed by atoms with Crippen LogP contribution >= 0.6 is 0 Å². The van der Waals surface area contributed by atoms with Gasteiger partial charge in [0.25, 0.3) is 0 Å². The fourth-order valence-electron chi connectivity index (χ4n) is 3.13. The number of hydrogen-bond donors (Lipinski definition) is 0. The van der Waals surface area contributed by atoms with Gasteiger partial charge in [0.05, 0.1) is 17.7 Å². The number of hydrogen-bond acceptors (Lipinski definition) is 4. The minimum Gasteiger partial charge on any atom is -0.462 e. The molecule has 2 aromatic rings. The minimum atomic E-state index is -0.658. The summed E-state index contributed by atoms with van der Waals surface area (Å²) in [7, 11) is 0. The first-order chi connectivity index (χ1) is 14.6. The highest BCUT2D eigenvalue weighted by atomic mass is 19.1. The van der Waals surface area contributed by atoms with Gasteiger partial charge in [-0.25, -0.2) is 14.0 Å². The van der Waals surface area contributed by atoms with Crippen molar-refractivity contribution >= 4 is 11.9 Å². The van der Waals surface area contributed by atoms with Crippen molar-refractivity contribution in [2.75, 3.05) is 6.61 Å². The van der Waals surface area contributed by atoms with Gasteiger partial charge in [0, 0.05) is 6.07 Å². The van der Waals surface area contributed by atoms with Gasteiger partial charge >= 0.3 is 11.9 Å². The van der Waals surface area contributed by atoms with Crippen molar-refractivity contribution in [2.24, 2.45) is 0 Å². The Balaban J connectivity index is 1.70. The van der Waals surface area contributed by atoms with Crippen LogP contribution in [0.15, 0.2) is 48.5 Å². The minimum absolute atomic E-state index is 0.110. The number of unbranched alkanes of at least 4 members (excludes halogenated alkanes) is 8. The Labute approximate surface area is 178 Å². The largest absolute Gasteiger partial charge is 0.462 e. The van der Waals surface area contributed by atoms with Crippen LogP contribution in [0.2, 0.25) is 0 Å². The van der Waals surface area contributed by atoms with Crippen molar-refractivity contribution in [2.45, 2.75) is 64.7 Å². The molecule has 0 saturated heterocycles. The van der Waals surface area contributed by atoms with E-state index in [1.807, 2.05) is 0 Å². The number of esters is 2. The molecule has 4 nitrogen and oxygen atoms in total. The molecule has 0 saturated carbocycles. The summed E-state index contributed by atoms with van der Waals surface area (Å²) in [5.41, 5.74) is 0.497. The number of ether oxygens (including phenoxy) is 2. The van der Waals surface area contributed by atoms with Crippen molar-refractivity contribution in [3.05, 3.63) is 65.5 Å². The van der Waals surface area contributed by atoms with Gasteiger partial charge in [-0.1, -0.05) is 70.4 Å². The van der Waals surface area contributed by atoms with Crippen molar-refractivity contribution < 1.29 is 23.5 Å². The van der Waals surface area contributed by atoms with E-state index >= 15 is 0 Å². The first-order valence-corrected chi connectivity index (χ1v) is 10.8. The lowest BCUT2D eigenvalue weighted by Gasteiger charge is -2.07. The second kappa shape index (κ2) is 13.5. The highest BCUT2D eigenvalue weighted by molar-refractivity contribution is 5.96. The average molecular weight is 415 g/mol. The Morgan fingerprint density at radius 3 is 2.03 bits per heavy atom. The van der Waals surface area contributed by atoms with Crippen LogP contribution < -0.4 is 4.74 Å². The zero-order valence-corrected chi connectivity index (χ0v) is 17.7. The van der Waals surface area contributed by atoms with Gasteiger partial charge in [0.15, 0.2) is 0 Å². The predicted molar refractivity (Wildman–Crippen MR) is 115 cm³/mol. The molecule has 0 aliphatic carbocycles. The molecule has 2 rings (SSSR count). The van der Waals surface area contributed by atoms with E-state index < -0.39 is 17.8 Å². The molecule has 30 heavy (non-hydrogen) atoms. The van der Waals surface area contributed by atoms with Crippen LogP contribution in [-0.2, 0) is 4.74 Å². The lowest BCUT2D eigenvalue weighted by molar-refractivity contribution is 0.0497. The highest BCUT2D eigenvalue weighted by Gasteiger charge is 2.13. The second-order valence-corrected chi connectivity index (χ2v) is 7.39. The van der Waals surface area contributed by atoms with Gasteiger partial charge in [0.2, 0.25) is 0 Å². The predicted octanol–water partition coefficient (Wildman–Crippen LogP) is 6.73. The summed E-state index contributed by atoms with van der Waals surface area (Å²) in [6.45, 7) is 2.59. The summed E-state index contributed by atoms with van der Waals surface area (Å²) in [5, 5.41) is 0. The molecular weight excluding hydrogens is 383 g/mol. The van der Waals surface area contributed by atoms with Gasteiger partial charge in [-0.3, -0.25) is 0 Å². The van der Waals surface area contributed by atoms with Crippen LogP contribution in [-0.4, -0.2) is 18.5 Å². The van der Waals surface area contributed by atoms with Crippen LogP contribution in [0.1, 0.15) is 85.4 Å².